The number of benzene rings is 1. The minimum Gasteiger partial charge on any atom is -0.497 e. The third kappa shape index (κ3) is 2.16. The Morgan fingerprint density at radius 3 is 2.42 bits per heavy atom. The molecule has 0 aliphatic heterocycles. The van der Waals surface area contributed by atoms with E-state index in [4.69, 9.17) is 4.74 Å². The van der Waals surface area contributed by atoms with Crippen molar-refractivity contribution in [1.82, 2.24) is 0 Å². The zero-order valence-electron chi connectivity index (χ0n) is 7.14. The van der Waals surface area contributed by atoms with Crippen LogP contribution >= 0.6 is 0 Å². The van der Waals surface area contributed by atoms with Crippen molar-refractivity contribution in [2.45, 2.75) is 14.4 Å². The number of aryl methyl sites for hydroxylation is 1. The molecule has 0 spiro atoms. The molecule has 0 aliphatic carbocycles. The summed E-state index contributed by atoms with van der Waals surface area (Å²) in [6.07, 6.45) is 0. The molecule has 12 heavy (non-hydrogen) atoms. The molecule has 0 fully saturated rings. The van der Waals surface area contributed by atoms with E-state index in [2.05, 4.69) is 5.32 Å². The van der Waals surface area contributed by atoms with Gasteiger partial charge < -0.3 is 10.1 Å². The highest BCUT2D eigenvalue weighted by Crippen LogP contribution is 2.19. The number of methoxy groups -OCH3 is 1. The zero-order chi connectivity index (χ0) is 8.27. The third-order valence-corrected chi connectivity index (χ3v) is 1.70. The van der Waals surface area contributed by atoms with Crippen LogP contribution in [0.5, 0.6) is 5.75 Å². The van der Waals surface area contributed by atoms with Gasteiger partial charge in [0, 0.05) is 12.7 Å². The molecular weight excluding hydrogens is 150 g/mol. The Bertz CT molecular complexity index is 246. The van der Waals surface area contributed by atoms with E-state index in [-0.39, 0.29) is 7.43 Å². The maximum absolute atomic E-state index is 5.07. The Labute approximate surface area is 74.6 Å². The summed E-state index contributed by atoms with van der Waals surface area (Å²) in [6.45, 7) is 2.05. The van der Waals surface area contributed by atoms with Crippen LogP contribution in [0.3, 0.4) is 0 Å². The number of anilines is 1. The van der Waals surface area contributed by atoms with Gasteiger partial charge in [0.2, 0.25) is 0 Å². The lowest BCUT2D eigenvalue weighted by atomic mass is 10.2. The van der Waals surface area contributed by atoms with Crippen LogP contribution in [0.25, 0.3) is 0 Å². The van der Waals surface area contributed by atoms with Crippen molar-refractivity contribution in [3.05, 3.63) is 23.8 Å². The summed E-state index contributed by atoms with van der Waals surface area (Å²) in [5, 5.41) is 3.09. The Morgan fingerprint density at radius 2 is 2.00 bits per heavy atom. The highest BCUT2D eigenvalue weighted by molar-refractivity contribution is 5.52. The molecule has 1 rings (SSSR count). The monoisotopic (exact) mass is 167 g/mol. The maximum atomic E-state index is 5.07. The van der Waals surface area contributed by atoms with Crippen molar-refractivity contribution in [1.29, 1.82) is 0 Å². The molecule has 0 atom stereocenters. The van der Waals surface area contributed by atoms with Crippen LogP contribution in [0.15, 0.2) is 18.2 Å². The molecule has 1 N–H and O–H groups in total. The van der Waals surface area contributed by atoms with E-state index in [1.807, 2.05) is 32.2 Å². The first-order valence-corrected chi connectivity index (χ1v) is 3.60. The van der Waals surface area contributed by atoms with Crippen molar-refractivity contribution < 1.29 is 4.74 Å². The van der Waals surface area contributed by atoms with Crippen LogP contribution in [0.2, 0.25) is 0 Å². The SMILES string of the molecule is C.CNc1ccc(OC)cc1C. The van der Waals surface area contributed by atoms with Gasteiger partial charge in [-0.2, -0.15) is 0 Å². The summed E-state index contributed by atoms with van der Waals surface area (Å²) in [5.41, 5.74) is 2.35. The molecule has 0 heterocycles. The minimum atomic E-state index is 0. The normalized spacial score (nSPS) is 8.58. The van der Waals surface area contributed by atoms with E-state index in [1.54, 1.807) is 7.11 Å². The van der Waals surface area contributed by atoms with Gasteiger partial charge >= 0.3 is 0 Å². The van der Waals surface area contributed by atoms with Gasteiger partial charge in [-0.3, -0.25) is 0 Å². The van der Waals surface area contributed by atoms with Crippen molar-refractivity contribution >= 4 is 5.69 Å². The van der Waals surface area contributed by atoms with Gasteiger partial charge in [-0.1, -0.05) is 7.43 Å². The first-order chi connectivity index (χ1) is 5.27. The first kappa shape index (κ1) is 10.8. The molecule has 0 aromatic heterocycles. The van der Waals surface area contributed by atoms with Gasteiger partial charge in [-0.15, -0.1) is 0 Å². The lowest BCUT2D eigenvalue weighted by Gasteiger charge is -2.06. The average Bonchev–Trinajstić information content (AvgIpc) is 2.04. The third-order valence-electron chi connectivity index (χ3n) is 1.70. The largest absolute Gasteiger partial charge is 0.497 e. The van der Waals surface area contributed by atoms with Crippen molar-refractivity contribution in [3.63, 3.8) is 0 Å². The van der Waals surface area contributed by atoms with Gasteiger partial charge in [0.1, 0.15) is 5.75 Å². The second-order valence-electron chi connectivity index (χ2n) is 2.43. The molecule has 0 radical (unpaired) electrons. The Kier molecular flexibility index (Phi) is 4.19. The zero-order valence-corrected chi connectivity index (χ0v) is 7.14. The predicted molar refractivity (Wildman–Crippen MR) is 54.0 cm³/mol. The molecule has 0 bridgehead atoms. The van der Waals surface area contributed by atoms with E-state index < -0.39 is 0 Å². The van der Waals surface area contributed by atoms with Crippen LogP contribution in [0.1, 0.15) is 13.0 Å². The minimum absolute atomic E-state index is 0. The fourth-order valence-electron chi connectivity index (χ4n) is 1.04. The van der Waals surface area contributed by atoms with Crippen molar-refractivity contribution in [2.75, 3.05) is 19.5 Å². The molecule has 0 saturated carbocycles. The van der Waals surface area contributed by atoms with Gasteiger partial charge in [-0.05, 0) is 30.7 Å². The summed E-state index contributed by atoms with van der Waals surface area (Å²) in [6, 6.07) is 5.96. The van der Waals surface area contributed by atoms with Crippen LogP contribution in [-0.2, 0) is 0 Å². The molecule has 1 aromatic rings. The number of rotatable bonds is 2. The molecule has 2 nitrogen and oxygen atoms in total. The highest BCUT2D eigenvalue weighted by Gasteiger charge is 1.96. The average molecular weight is 167 g/mol. The van der Waals surface area contributed by atoms with Crippen molar-refractivity contribution in [3.8, 4) is 5.75 Å². The Balaban J connectivity index is 0.00000121. The topological polar surface area (TPSA) is 21.3 Å². The second kappa shape index (κ2) is 4.65. The Hall–Kier alpha value is -1.18. The number of hydrogen-bond acceptors (Lipinski definition) is 2. The number of hydrogen-bond donors (Lipinski definition) is 1. The second-order valence-corrected chi connectivity index (χ2v) is 2.43. The first-order valence-electron chi connectivity index (χ1n) is 3.60. The lowest BCUT2D eigenvalue weighted by Crippen LogP contribution is -1.92. The highest BCUT2D eigenvalue weighted by atomic mass is 16.5. The molecule has 1 aromatic carbocycles. The molecule has 68 valence electrons. The summed E-state index contributed by atoms with van der Waals surface area (Å²) in [7, 11) is 3.59. The quantitative estimate of drug-likeness (QED) is 0.731. The van der Waals surface area contributed by atoms with Crippen LogP contribution < -0.4 is 10.1 Å². The van der Waals surface area contributed by atoms with Crippen LogP contribution in [0, 0.1) is 6.92 Å². The van der Waals surface area contributed by atoms with E-state index in [0.717, 1.165) is 11.4 Å². The fraction of sp³-hybridized carbons (Fsp3) is 0.400. The van der Waals surface area contributed by atoms with Gasteiger partial charge in [0.15, 0.2) is 0 Å². The summed E-state index contributed by atoms with van der Waals surface area (Å²) in [5.74, 6) is 0.904. The standard InChI is InChI=1S/C9H13NO.CH4/c1-7-6-8(11-3)4-5-9(7)10-2;/h4-6,10H,1-3H3;1H4. The van der Waals surface area contributed by atoms with Gasteiger partial charge in [0.05, 0.1) is 7.11 Å². The van der Waals surface area contributed by atoms with Gasteiger partial charge in [-0.25, -0.2) is 0 Å². The fourth-order valence-corrected chi connectivity index (χ4v) is 1.04. The van der Waals surface area contributed by atoms with E-state index in [0.29, 0.717) is 0 Å². The molecule has 0 aliphatic rings. The van der Waals surface area contributed by atoms with Gasteiger partial charge in [0.25, 0.3) is 0 Å². The lowest BCUT2D eigenvalue weighted by molar-refractivity contribution is 0.414. The molecule has 2 heteroatoms. The molecule has 0 amide bonds. The van der Waals surface area contributed by atoms with Crippen LogP contribution in [0.4, 0.5) is 5.69 Å². The van der Waals surface area contributed by atoms with E-state index >= 15 is 0 Å². The Morgan fingerprint density at radius 1 is 1.33 bits per heavy atom. The molecular formula is C10H17NO. The summed E-state index contributed by atoms with van der Waals surface area (Å²) in [4.78, 5) is 0. The maximum Gasteiger partial charge on any atom is 0.119 e. The van der Waals surface area contributed by atoms with E-state index in [9.17, 15) is 0 Å². The molecule has 0 unspecified atom stereocenters. The number of ether oxygens (including phenoxy) is 1. The summed E-state index contributed by atoms with van der Waals surface area (Å²) < 4.78 is 5.07. The smallest absolute Gasteiger partial charge is 0.119 e. The van der Waals surface area contributed by atoms with E-state index in [1.165, 1.54) is 5.56 Å². The molecule has 0 saturated heterocycles. The predicted octanol–water partition coefficient (Wildman–Crippen LogP) is 2.68. The number of nitrogens with one attached hydrogen (secondary N) is 1. The van der Waals surface area contributed by atoms with Crippen molar-refractivity contribution in [2.24, 2.45) is 0 Å². The summed E-state index contributed by atoms with van der Waals surface area (Å²) >= 11 is 0. The van der Waals surface area contributed by atoms with Crippen LogP contribution in [-0.4, -0.2) is 14.2 Å².